The fourth-order valence-corrected chi connectivity index (χ4v) is 1.81. The number of amides is 2. The maximum Gasteiger partial charge on any atom is 0.330 e. The second-order valence-electron chi connectivity index (χ2n) is 4.54. The molecule has 0 aromatic heterocycles. The van der Waals surface area contributed by atoms with Gasteiger partial charge in [-0.1, -0.05) is 30.3 Å². The van der Waals surface area contributed by atoms with E-state index in [1.807, 2.05) is 0 Å². The molecule has 0 radical (unpaired) electrons. The van der Waals surface area contributed by atoms with Crippen molar-refractivity contribution in [1.82, 2.24) is 10.6 Å². The Morgan fingerprint density at radius 2 is 1.61 bits per heavy atom. The number of carboxylic acids is 2. The van der Waals surface area contributed by atoms with Gasteiger partial charge in [-0.05, 0) is 5.56 Å². The van der Waals surface area contributed by atoms with Gasteiger partial charge in [-0.3, -0.25) is 14.4 Å². The van der Waals surface area contributed by atoms with Crippen molar-refractivity contribution in [2.75, 3.05) is 0 Å². The Balaban J connectivity index is 0.00000484. The van der Waals surface area contributed by atoms with Crippen molar-refractivity contribution < 1.29 is 29.4 Å². The average Bonchev–Trinajstić information content (AvgIpc) is 2.43. The van der Waals surface area contributed by atoms with E-state index in [2.05, 4.69) is 10.6 Å². The van der Waals surface area contributed by atoms with E-state index in [1.54, 1.807) is 18.2 Å². The molecule has 8 nitrogen and oxygen atoms in total. The number of nitrogens with one attached hydrogen (secondary N) is 2. The first-order chi connectivity index (χ1) is 10.3. The van der Waals surface area contributed by atoms with E-state index < -0.39 is 42.3 Å². The minimum atomic E-state index is -1.35. The minimum Gasteiger partial charge on any atom is -0.481 e. The third-order valence-corrected chi connectivity index (χ3v) is 2.74. The van der Waals surface area contributed by atoms with E-state index in [9.17, 15) is 24.3 Å². The van der Waals surface area contributed by atoms with E-state index in [4.69, 9.17) is 5.11 Å². The molecular formula is C14H17ClN2O6. The van der Waals surface area contributed by atoms with Crippen LogP contribution in [-0.4, -0.2) is 40.0 Å². The van der Waals surface area contributed by atoms with Crippen LogP contribution in [0.1, 0.15) is 24.9 Å². The maximum absolute atomic E-state index is 12.0. The van der Waals surface area contributed by atoms with Gasteiger partial charge in [0.15, 0.2) is 6.04 Å². The topological polar surface area (TPSA) is 133 Å². The number of carbonyl (C=O) groups is 4. The summed E-state index contributed by atoms with van der Waals surface area (Å²) in [6.45, 7) is 1.13. The van der Waals surface area contributed by atoms with Crippen molar-refractivity contribution in [3.8, 4) is 0 Å². The van der Waals surface area contributed by atoms with E-state index >= 15 is 0 Å². The summed E-state index contributed by atoms with van der Waals surface area (Å²) in [5.74, 6) is -4.06. The molecule has 1 rings (SSSR count). The average molecular weight is 345 g/mol. The van der Waals surface area contributed by atoms with Crippen LogP contribution in [0, 0.1) is 0 Å². The summed E-state index contributed by atoms with van der Waals surface area (Å²) in [5.41, 5.74) is 0.334. The maximum atomic E-state index is 12.0. The van der Waals surface area contributed by atoms with Crippen LogP contribution in [-0.2, 0) is 19.2 Å². The van der Waals surface area contributed by atoms with Crippen LogP contribution in [0.2, 0.25) is 0 Å². The standard InChI is InChI=1S/C14H16N2O6.ClH/c1-8(17)15-10(7-11(18)19)13(20)16-12(14(21)22)9-5-3-2-4-6-9;/h2-6,10,12H,7H2,1H3,(H,15,17)(H,16,20)(H,18,19)(H,21,22);1H/t10-,12-;/m0./s1. The lowest BCUT2D eigenvalue weighted by atomic mass is 10.1. The lowest BCUT2D eigenvalue weighted by molar-refractivity contribution is -0.143. The van der Waals surface area contributed by atoms with Gasteiger partial charge in [0.05, 0.1) is 6.42 Å². The quantitative estimate of drug-likeness (QED) is 0.563. The molecule has 0 fully saturated rings. The number of hydrogen-bond acceptors (Lipinski definition) is 4. The lowest BCUT2D eigenvalue weighted by Gasteiger charge is -2.20. The van der Waals surface area contributed by atoms with Crippen molar-refractivity contribution in [1.29, 1.82) is 0 Å². The van der Waals surface area contributed by atoms with Crippen LogP contribution in [0.25, 0.3) is 0 Å². The fourth-order valence-electron chi connectivity index (χ4n) is 1.81. The zero-order valence-corrected chi connectivity index (χ0v) is 13.0. The molecule has 0 aliphatic carbocycles. The second kappa shape index (κ2) is 9.42. The first-order valence-corrected chi connectivity index (χ1v) is 6.38. The third-order valence-electron chi connectivity index (χ3n) is 2.74. The van der Waals surface area contributed by atoms with Gasteiger partial charge >= 0.3 is 11.9 Å². The lowest BCUT2D eigenvalue weighted by Crippen LogP contribution is -2.49. The highest BCUT2D eigenvalue weighted by Gasteiger charge is 2.28. The molecule has 1 aromatic rings. The molecule has 0 aliphatic heterocycles. The van der Waals surface area contributed by atoms with Crippen molar-refractivity contribution >= 4 is 36.2 Å². The van der Waals surface area contributed by atoms with Crippen LogP contribution < -0.4 is 10.6 Å². The van der Waals surface area contributed by atoms with Crippen LogP contribution in [0.5, 0.6) is 0 Å². The highest BCUT2D eigenvalue weighted by molar-refractivity contribution is 5.92. The molecular weight excluding hydrogens is 328 g/mol. The molecule has 2 amide bonds. The number of benzene rings is 1. The molecule has 0 heterocycles. The third kappa shape index (κ3) is 6.79. The molecule has 9 heteroatoms. The number of aliphatic carboxylic acids is 2. The van der Waals surface area contributed by atoms with Crippen molar-refractivity contribution in [2.45, 2.75) is 25.4 Å². The van der Waals surface area contributed by atoms with E-state index in [0.29, 0.717) is 5.56 Å². The van der Waals surface area contributed by atoms with Crippen LogP contribution >= 0.6 is 12.4 Å². The van der Waals surface area contributed by atoms with Gasteiger partial charge in [0.2, 0.25) is 11.8 Å². The zero-order chi connectivity index (χ0) is 16.7. The molecule has 1 aromatic carbocycles. The first-order valence-electron chi connectivity index (χ1n) is 6.38. The number of carboxylic acid groups (broad SMARTS) is 2. The van der Waals surface area contributed by atoms with E-state index in [0.717, 1.165) is 6.92 Å². The summed E-state index contributed by atoms with van der Waals surface area (Å²) in [7, 11) is 0. The van der Waals surface area contributed by atoms with Crippen molar-refractivity contribution in [2.24, 2.45) is 0 Å². The van der Waals surface area contributed by atoms with Gasteiger partial charge in [0, 0.05) is 6.92 Å². The monoisotopic (exact) mass is 344 g/mol. The molecule has 0 aliphatic rings. The van der Waals surface area contributed by atoms with Crippen LogP contribution in [0.4, 0.5) is 0 Å². The largest absolute Gasteiger partial charge is 0.481 e. The van der Waals surface area contributed by atoms with Gasteiger partial charge < -0.3 is 20.8 Å². The predicted octanol–water partition coefficient (Wildman–Crippen LogP) is 0.330. The Kier molecular flexibility index (Phi) is 8.35. The van der Waals surface area contributed by atoms with Gasteiger partial charge in [0.1, 0.15) is 6.04 Å². The Hall–Kier alpha value is -2.61. The van der Waals surface area contributed by atoms with Gasteiger partial charge in [-0.2, -0.15) is 0 Å². The van der Waals surface area contributed by atoms with Crippen LogP contribution in [0.15, 0.2) is 30.3 Å². The smallest absolute Gasteiger partial charge is 0.330 e. The molecule has 4 N–H and O–H groups in total. The molecule has 0 saturated heterocycles. The molecule has 0 saturated carbocycles. The molecule has 0 spiro atoms. The van der Waals surface area contributed by atoms with E-state index in [-0.39, 0.29) is 12.4 Å². The Labute approximate surface area is 138 Å². The summed E-state index contributed by atoms with van der Waals surface area (Å²) >= 11 is 0. The van der Waals surface area contributed by atoms with E-state index in [1.165, 1.54) is 12.1 Å². The summed E-state index contributed by atoms with van der Waals surface area (Å²) in [6.07, 6.45) is -0.646. The summed E-state index contributed by atoms with van der Waals surface area (Å²) < 4.78 is 0. The fraction of sp³-hybridized carbons (Fsp3) is 0.286. The summed E-state index contributed by atoms with van der Waals surface area (Å²) in [4.78, 5) is 45.1. The molecule has 2 atom stereocenters. The minimum absolute atomic E-state index is 0. The van der Waals surface area contributed by atoms with Gasteiger partial charge in [0.25, 0.3) is 0 Å². The van der Waals surface area contributed by atoms with Crippen LogP contribution in [0.3, 0.4) is 0 Å². The Morgan fingerprint density at radius 3 is 2.04 bits per heavy atom. The molecule has 23 heavy (non-hydrogen) atoms. The number of halogens is 1. The number of rotatable bonds is 7. The normalized spacial score (nSPS) is 12.2. The van der Waals surface area contributed by atoms with Gasteiger partial charge in [-0.25, -0.2) is 4.79 Å². The Bertz CT molecular complexity index is 562. The second-order valence-corrected chi connectivity index (χ2v) is 4.54. The van der Waals surface area contributed by atoms with Crippen molar-refractivity contribution in [3.63, 3.8) is 0 Å². The van der Waals surface area contributed by atoms with Gasteiger partial charge in [-0.15, -0.1) is 12.4 Å². The first kappa shape index (κ1) is 20.4. The molecule has 126 valence electrons. The highest BCUT2D eigenvalue weighted by atomic mass is 35.5. The number of carbonyl (C=O) groups excluding carboxylic acids is 2. The zero-order valence-electron chi connectivity index (χ0n) is 12.2. The molecule has 0 bridgehead atoms. The highest BCUT2D eigenvalue weighted by Crippen LogP contribution is 2.13. The summed E-state index contributed by atoms with van der Waals surface area (Å²) in [5, 5.41) is 22.4. The SMILES string of the molecule is CC(=O)N[C@@H](CC(=O)O)C(=O)N[C@H](C(=O)O)c1ccccc1.Cl. The number of hydrogen-bond donors (Lipinski definition) is 4. The predicted molar refractivity (Wildman–Crippen MR) is 82.1 cm³/mol. The van der Waals surface area contributed by atoms with Crippen molar-refractivity contribution in [3.05, 3.63) is 35.9 Å². The Morgan fingerprint density at radius 1 is 1.04 bits per heavy atom. The molecule has 0 unspecified atom stereocenters. The summed E-state index contributed by atoms with van der Waals surface area (Å²) in [6, 6.07) is 5.27.